The summed E-state index contributed by atoms with van der Waals surface area (Å²) in [6.45, 7) is 5.26. The Labute approximate surface area is 96.8 Å². The molecule has 1 aliphatic rings. The van der Waals surface area contributed by atoms with Crippen LogP contribution in [0, 0.1) is 5.41 Å². The molecule has 0 aromatic carbocycles. The maximum atomic E-state index is 5.71. The van der Waals surface area contributed by atoms with Crippen LogP contribution in [0.15, 0.2) is 4.42 Å². The molecule has 0 amide bonds. The third-order valence-electron chi connectivity index (χ3n) is 3.62. The van der Waals surface area contributed by atoms with Crippen LogP contribution in [0.3, 0.4) is 0 Å². The van der Waals surface area contributed by atoms with Crippen LogP contribution in [0.5, 0.6) is 0 Å². The van der Waals surface area contributed by atoms with E-state index in [1.165, 1.54) is 25.7 Å². The lowest BCUT2D eigenvalue weighted by molar-refractivity contribution is 0.171. The lowest BCUT2D eigenvalue weighted by Gasteiger charge is -2.36. The lowest BCUT2D eigenvalue weighted by atomic mass is 9.69. The minimum atomic E-state index is 0.293. The van der Waals surface area contributed by atoms with Crippen LogP contribution in [0.25, 0.3) is 0 Å². The maximum Gasteiger partial charge on any atom is 0.230 e. The highest BCUT2D eigenvalue weighted by Crippen LogP contribution is 2.46. The average Bonchev–Trinajstić information content (AvgIpc) is 2.66. The van der Waals surface area contributed by atoms with Gasteiger partial charge in [0.05, 0.1) is 6.54 Å². The van der Waals surface area contributed by atoms with Gasteiger partial charge >= 0.3 is 0 Å². The van der Waals surface area contributed by atoms with Crippen LogP contribution >= 0.6 is 0 Å². The van der Waals surface area contributed by atoms with Crippen molar-refractivity contribution in [1.82, 2.24) is 15.5 Å². The van der Waals surface area contributed by atoms with Gasteiger partial charge in [-0.3, -0.25) is 0 Å². The number of nitrogens with zero attached hydrogens (tertiary/aromatic N) is 2. The van der Waals surface area contributed by atoms with Crippen molar-refractivity contribution in [2.45, 2.75) is 52.0 Å². The van der Waals surface area contributed by atoms with Crippen LogP contribution in [-0.2, 0) is 6.54 Å². The van der Waals surface area contributed by atoms with Gasteiger partial charge in [-0.05, 0) is 25.3 Å². The Hall–Kier alpha value is -0.900. The third-order valence-corrected chi connectivity index (χ3v) is 3.62. The molecule has 1 unspecified atom stereocenters. The SMILES string of the molecule is CNCc1nnc(C2CCCCC2(C)C)o1. The summed E-state index contributed by atoms with van der Waals surface area (Å²) in [5.74, 6) is 1.95. The molecule has 4 nitrogen and oxygen atoms in total. The lowest BCUT2D eigenvalue weighted by Crippen LogP contribution is -2.26. The molecular formula is C12H21N3O. The molecule has 90 valence electrons. The van der Waals surface area contributed by atoms with Gasteiger partial charge in [-0.25, -0.2) is 0 Å². The summed E-state index contributed by atoms with van der Waals surface area (Å²) in [6.07, 6.45) is 5.02. The molecule has 1 N–H and O–H groups in total. The Morgan fingerprint density at radius 3 is 2.88 bits per heavy atom. The minimum Gasteiger partial charge on any atom is -0.424 e. The fourth-order valence-corrected chi connectivity index (χ4v) is 2.58. The smallest absolute Gasteiger partial charge is 0.230 e. The van der Waals surface area contributed by atoms with E-state index in [0.29, 0.717) is 23.8 Å². The monoisotopic (exact) mass is 223 g/mol. The number of hydrogen-bond acceptors (Lipinski definition) is 4. The molecule has 2 rings (SSSR count). The van der Waals surface area contributed by atoms with E-state index < -0.39 is 0 Å². The van der Waals surface area contributed by atoms with E-state index in [9.17, 15) is 0 Å². The quantitative estimate of drug-likeness (QED) is 0.855. The molecule has 1 heterocycles. The zero-order chi connectivity index (χ0) is 11.6. The van der Waals surface area contributed by atoms with E-state index in [1.807, 2.05) is 7.05 Å². The third kappa shape index (κ3) is 2.26. The zero-order valence-electron chi connectivity index (χ0n) is 10.4. The molecule has 0 spiro atoms. The van der Waals surface area contributed by atoms with Crippen molar-refractivity contribution >= 4 is 0 Å². The normalized spacial score (nSPS) is 24.6. The van der Waals surface area contributed by atoms with Gasteiger partial charge in [0.15, 0.2) is 0 Å². The van der Waals surface area contributed by atoms with Gasteiger partial charge in [0, 0.05) is 5.92 Å². The molecule has 4 heteroatoms. The molecule has 0 aliphatic heterocycles. The molecule has 1 atom stereocenters. The molecule has 0 radical (unpaired) electrons. The van der Waals surface area contributed by atoms with E-state index in [-0.39, 0.29) is 0 Å². The van der Waals surface area contributed by atoms with Crippen LogP contribution in [0.2, 0.25) is 0 Å². The number of aromatic nitrogens is 2. The van der Waals surface area contributed by atoms with Gasteiger partial charge in [0.2, 0.25) is 11.8 Å². The summed E-state index contributed by atoms with van der Waals surface area (Å²) in [7, 11) is 1.88. The molecule has 1 saturated carbocycles. The summed E-state index contributed by atoms with van der Waals surface area (Å²) in [6, 6.07) is 0. The number of nitrogens with one attached hydrogen (secondary N) is 1. The van der Waals surface area contributed by atoms with E-state index in [1.54, 1.807) is 0 Å². The van der Waals surface area contributed by atoms with Gasteiger partial charge in [-0.1, -0.05) is 26.7 Å². The molecule has 1 aromatic rings. The van der Waals surface area contributed by atoms with Crippen molar-refractivity contribution < 1.29 is 4.42 Å². The zero-order valence-corrected chi connectivity index (χ0v) is 10.4. The predicted molar refractivity (Wildman–Crippen MR) is 62.1 cm³/mol. The second kappa shape index (κ2) is 4.53. The fraction of sp³-hybridized carbons (Fsp3) is 0.833. The topological polar surface area (TPSA) is 51.0 Å². The first kappa shape index (κ1) is 11.6. The van der Waals surface area contributed by atoms with Crippen molar-refractivity contribution in [2.24, 2.45) is 5.41 Å². The Kier molecular flexibility index (Phi) is 3.28. The number of rotatable bonds is 3. The van der Waals surface area contributed by atoms with Crippen molar-refractivity contribution in [3.63, 3.8) is 0 Å². The van der Waals surface area contributed by atoms with Crippen LogP contribution in [-0.4, -0.2) is 17.2 Å². The van der Waals surface area contributed by atoms with Gasteiger partial charge in [0.25, 0.3) is 0 Å². The average molecular weight is 223 g/mol. The van der Waals surface area contributed by atoms with Crippen molar-refractivity contribution in [3.8, 4) is 0 Å². The Morgan fingerprint density at radius 1 is 1.38 bits per heavy atom. The second-order valence-corrected chi connectivity index (χ2v) is 5.35. The van der Waals surface area contributed by atoms with Crippen molar-refractivity contribution in [3.05, 3.63) is 11.8 Å². The summed E-state index contributed by atoms with van der Waals surface area (Å²) >= 11 is 0. The standard InChI is InChI=1S/C12H21N3O/c1-12(2)7-5-4-6-9(12)11-15-14-10(16-11)8-13-3/h9,13H,4-8H2,1-3H3. The van der Waals surface area contributed by atoms with E-state index >= 15 is 0 Å². The molecule has 0 saturated heterocycles. The summed E-state index contributed by atoms with van der Waals surface area (Å²) in [5, 5.41) is 11.3. The molecular weight excluding hydrogens is 202 g/mol. The highest BCUT2D eigenvalue weighted by molar-refractivity contribution is 5.01. The van der Waals surface area contributed by atoms with Crippen LogP contribution < -0.4 is 5.32 Å². The van der Waals surface area contributed by atoms with Gasteiger partial charge in [0.1, 0.15) is 0 Å². The highest BCUT2D eigenvalue weighted by atomic mass is 16.4. The molecule has 16 heavy (non-hydrogen) atoms. The maximum absolute atomic E-state index is 5.71. The van der Waals surface area contributed by atoms with Crippen LogP contribution in [0.1, 0.15) is 57.2 Å². The van der Waals surface area contributed by atoms with E-state index in [2.05, 4.69) is 29.4 Å². The Balaban J connectivity index is 2.15. The molecule has 1 fully saturated rings. The molecule has 1 aliphatic carbocycles. The van der Waals surface area contributed by atoms with Gasteiger partial charge in [-0.2, -0.15) is 0 Å². The van der Waals surface area contributed by atoms with Crippen molar-refractivity contribution in [1.29, 1.82) is 0 Å². The van der Waals surface area contributed by atoms with E-state index in [0.717, 1.165) is 5.89 Å². The number of hydrogen-bond donors (Lipinski definition) is 1. The second-order valence-electron chi connectivity index (χ2n) is 5.35. The van der Waals surface area contributed by atoms with Crippen LogP contribution in [0.4, 0.5) is 0 Å². The van der Waals surface area contributed by atoms with E-state index in [4.69, 9.17) is 4.42 Å². The first-order valence-electron chi connectivity index (χ1n) is 6.10. The van der Waals surface area contributed by atoms with Gasteiger partial charge in [-0.15, -0.1) is 10.2 Å². The fourth-order valence-electron chi connectivity index (χ4n) is 2.58. The van der Waals surface area contributed by atoms with Gasteiger partial charge < -0.3 is 9.73 Å². The largest absolute Gasteiger partial charge is 0.424 e. The first-order chi connectivity index (χ1) is 7.63. The molecule has 1 aromatic heterocycles. The summed E-state index contributed by atoms with van der Waals surface area (Å²) in [4.78, 5) is 0. The highest BCUT2D eigenvalue weighted by Gasteiger charge is 2.36. The predicted octanol–water partition coefficient (Wildman–Crippen LogP) is 2.47. The summed E-state index contributed by atoms with van der Waals surface area (Å²) in [5.41, 5.74) is 0.293. The summed E-state index contributed by atoms with van der Waals surface area (Å²) < 4.78 is 5.71. The minimum absolute atomic E-state index is 0.293. The molecule has 0 bridgehead atoms. The first-order valence-corrected chi connectivity index (χ1v) is 6.10. The van der Waals surface area contributed by atoms with Crippen molar-refractivity contribution in [2.75, 3.05) is 7.05 Å². The Morgan fingerprint density at radius 2 is 2.19 bits per heavy atom. The Bertz CT molecular complexity index is 346.